The third-order valence-electron chi connectivity index (χ3n) is 2.53. The van der Waals surface area contributed by atoms with Crippen molar-refractivity contribution in [3.05, 3.63) is 28.3 Å². The lowest BCUT2D eigenvalue weighted by Crippen LogP contribution is -2.36. The van der Waals surface area contributed by atoms with Crippen LogP contribution in [0.4, 0.5) is 11.4 Å². The minimum atomic E-state index is -4.23. The maximum absolute atomic E-state index is 12.3. The zero-order valence-electron chi connectivity index (χ0n) is 10.5. The normalized spacial score (nSPS) is 11.8. The molecule has 0 aliphatic carbocycles. The molecule has 0 saturated carbocycles. The number of anilines is 1. The second kappa shape index (κ2) is 6.61. The van der Waals surface area contributed by atoms with Crippen LogP contribution < -0.4 is 5.73 Å². The quantitative estimate of drug-likeness (QED) is 0.338. The number of hydrogen-bond acceptors (Lipinski definition) is 7. The lowest BCUT2D eigenvalue weighted by molar-refractivity contribution is -0.386. The van der Waals surface area contributed by atoms with Gasteiger partial charge in [0, 0.05) is 13.1 Å². The molecule has 0 atom stereocenters. The van der Waals surface area contributed by atoms with Crippen LogP contribution in [0.1, 0.15) is 0 Å². The van der Waals surface area contributed by atoms with Crippen LogP contribution in [0.3, 0.4) is 0 Å². The monoisotopic (exact) mass is 305 g/mol. The fourth-order valence-electron chi connectivity index (χ4n) is 1.66. The molecule has 9 nitrogen and oxygen atoms in total. The van der Waals surface area contributed by atoms with Crippen LogP contribution in [0.15, 0.2) is 23.1 Å². The van der Waals surface area contributed by atoms with Crippen LogP contribution in [-0.4, -0.2) is 54.2 Å². The molecule has 0 heterocycles. The number of benzene rings is 1. The first kappa shape index (κ1) is 16.3. The molecule has 0 aromatic heterocycles. The van der Waals surface area contributed by atoms with Crippen LogP contribution in [0, 0.1) is 10.1 Å². The highest BCUT2D eigenvalue weighted by Crippen LogP contribution is 2.31. The Bertz CT molecular complexity index is 583. The van der Waals surface area contributed by atoms with E-state index in [1.54, 1.807) is 0 Å². The number of nitrogen functional groups attached to an aromatic ring is 1. The summed E-state index contributed by atoms with van der Waals surface area (Å²) < 4.78 is 25.4. The third kappa shape index (κ3) is 3.22. The van der Waals surface area contributed by atoms with Gasteiger partial charge in [0.1, 0.15) is 5.69 Å². The predicted octanol–water partition coefficient (Wildman–Crippen LogP) is -0.848. The number of nitro benzene ring substituents is 1. The van der Waals surface area contributed by atoms with E-state index in [9.17, 15) is 18.5 Å². The number of nitrogens with two attached hydrogens (primary N) is 1. The third-order valence-corrected chi connectivity index (χ3v) is 4.46. The van der Waals surface area contributed by atoms with Crippen molar-refractivity contribution in [3.8, 4) is 0 Å². The summed E-state index contributed by atoms with van der Waals surface area (Å²) in [6, 6.07) is 3.57. The number of hydrogen-bond donors (Lipinski definition) is 3. The fraction of sp³-hybridized carbons (Fsp3) is 0.400. The molecule has 4 N–H and O–H groups in total. The minimum absolute atomic E-state index is 0.274. The SMILES string of the molecule is Nc1cccc(S(=O)(=O)N(CCO)CCO)c1[N+](=O)[O-]. The Hall–Kier alpha value is -1.75. The van der Waals surface area contributed by atoms with Crippen LogP contribution in [-0.2, 0) is 10.0 Å². The lowest BCUT2D eigenvalue weighted by atomic mass is 10.3. The Kier molecular flexibility index (Phi) is 5.39. The number of aliphatic hydroxyl groups excluding tert-OH is 2. The number of para-hydroxylation sites is 1. The number of nitro groups is 1. The van der Waals surface area contributed by atoms with Crippen LogP contribution in [0.25, 0.3) is 0 Å². The van der Waals surface area contributed by atoms with Gasteiger partial charge < -0.3 is 15.9 Å². The van der Waals surface area contributed by atoms with E-state index in [4.69, 9.17) is 15.9 Å². The van der Waals surface area contributed by atoms with E-state index in [0.717, 1.165) is 10.4 Å². The fourth-order valence-corrected chi connectivity index (χ4v) is 3.27. The van der Waals surface area contributed by atoms with Crippen molar-refractivity contribution >= 4 is 21.4 Å². The molecular formula is C10H15N3O6S. The molecule has 0 unspecified atom stereocenters. The summed E-state index contributed by atoms with van der Waals surface area (Å²) in [6.45, 7) is -1.52. The standard InChI is InChI=1S/C10H15N3O6S/c11-8-2-1-3-9(10(8)13(16)17)20(18,19)12(4-6-14)5-7-15/h1-3,14-15H,4-7,11H2. The van der Waals surface area contributed by atoms with Crippen molar-refractivity contribution in [2.75, 3.05) is 32.0 Å². The Balaban J connectivity index is 3.41. The van der Waals surface area contributed by atoms with E-state index < -0.39 is 38.7 Å². The van der Waals surface area contributed by atoms with Crippen LogP contribution in [0.5, 0.6) is 0 Å². The lowest BCUT2D eigenvalue weighted by Gasteiger charge is -2.20. The van der Waals surface area contributed by atoms with E-state index in [1.165, 1.54) is 12.1 Å². The van der Waals surface area contributed by atoms with Gasteiger partial charge in [-0.3, -0.25) is 10.1 Å². The smallest absolute Gasteiger partial charge is 0.312 e. The minimum Gasteiger partial charge on any atom is -0.395 e. The van der Waals surface area contributed by atoms with E-state index in [0.29, 0.717) is 0 Å². The van der Waals surface area contributed by atoms with Crippen LogP contribution >= 0.6 is 0 Å². The van der Waals surface area contributed by atoms with Crippen molar-refractivity contribution in [2.24, 2.45) is 0 Å². The molecule has 0 spiro atoms. The van der Waals surface area contributed by atoms with Gasteiger partial charge in [-0.15, -0.1) is 0 Å². The molecule has 0 bridgehead atoms. The maximum atomic E-state index is 12.3. The molecule has 10 heteroatoms. The van der Waals surface area contributed by atoms with E-state index in [1.807, 2.05) is 0 Å². The Morgan fingerprint density at radius 2 is 1.80 bits per heavy atom. The highest BCUT2D eigenvalue weighted by molar-refractivity contribution is 7.89. The van der Waals surface area contributed by atoms with Gasteiger partial charge in [0.05, 0.1) is 18.1 Å². The van der Waals surface area contributed by atoms with Gasteiger partial charge in [-0.05, 0) is 12.1 Å². The van der Waals surface area contributed by atoms with Crippen molar-refractivity contribution in [1.29, 1.82) is 0 Å². The summed E-state index contributed by atoms with van der Waals surface area (Å²) in [5, 5.41) is 28.7. The van der Waals surface area contributed by atoms with Gasteiger partial charge in [0.2, 0.25) is 10.0 Å². The summed E-state index contributed by atoms with van der Waals surface area (Å²) in [6.07, 6.45) is 0. The van der Waals surface area contributed by atoms with Gasteiger partial charge in [-0.1, -0.05) is 6.07 Å². The van der Waals surface area contributed by atoms with Gasteiger partial charge in [-0.2, -0.15) is 4.31 Å². The van der Waals surface area contributed by atoms with E-state index in [-0.39, 0.29) is 18.8 Å². The molecule has 112 valence electrons. The molecule has 1 rings (SSSR count). The van der Waals surface area contributed by atoms with Crippen LogP contribution in [0.2, 0.25) is 0 Å². The molecule has 0 fully saturated rings. The highest BCUT2D eigenvalue weighted by atomic mass is 32.2. The maximum Gasteiger partial charge on any atom is 0.312 e. The predicted molar refractivity (Wildman–Crippen MR) is 70.4 cm³/mol. The molecule has 1 aromatic carbocycles. The zero-order chi connectivity index (χ0) is 15.3. The largest absolute Gasteiger partial charge is 0.395 e. The Labute approximate surface area is 115 Å². The molecule has 0 amide bonds. The first-order valence-corrected chi connectivity index (χ1v) is 7.05. The van der Waals surface area contributed by atoms with Gasteiger partial charge in [-0.25, -0.2) is 8.42 Å². The second-order valence-corrected chi connectivity index (χ2v) is 5.71. The second-order valence-electron chi connectivity index (χ2n) is 3.80. The number of rotatable bonds is 7. The molecule has 0 radical (unpaired) electrons. The zero-order valence-corrected chi connectivity index (χ0v) is 11.3. The molecular weight excluding hydrogens is 290 g/mol. The Morgan fingerprint density at radius 1 is 1.25 bits per heavy atom. The molecule has 1 aromatic rings. The summed E-state index contributed by atoms with van der Waals surface area (Å²) in [4.78, 5) is 9.53. The average molecular weight is 305 g/mol. The summed E-state index contributed by atoms with van der Waals surface area (Å²) in [5.41, 5.74) is 4.46. The van der Waals surface area contributed by atoms with Gasteiger partial charge in [0.25, 0.3) is 0 Å². The summed E-state index contributed by atoms with van der Waals surface area (Å²) >= 11 is 0. The van der Waals surface area contributed by atoms with Crippen molar-refractivity contribution < 1.29 is 23.6 Å². The highest BCUT2D eigenvalue weighted by Gasteiger charge is 2.32. The average Bonchev–Trinajstić information content (AvgIpc) is 2.37. The van der Waals surface area contributed by atoms with Crippen molar-refractivity contribution in [3.63, 3.8) is 0 Å². The van der Waals surface area contributed by atoms with Crippen molar-refractivity contribution in [2.45, 2.75) is 4.90 Å². The number of sulfonamides is 1. The molecule has 0 aliphatic rings. The van der Waals surface area contributed by atoms with E-state index in [2.05, 4.69) is 0 Å². The Morgan fingerprint density at radius 3 is 2.25 bits per heavy atom. The summed E-state index contributed by atoms with van der Waals surface area (Å²) in [5.74, 6) is 0. The topological polar surface area (TPSA) is 147 Å². The van der Waals surface area contributed by atoms with Crippen molar-refractivity contribution in [1.82, 2.24) is 4.31 Å². The first-order chi connectivity index (χ1) is 9.36. The van der Waals surface area contributed by atoms with Gasteiger partial charge in [0.15, 0.2) is 4.90 Å². The van der Waals surface area contributed by atoms with Gasteiger partial charge >= 0.3 is 5.69 Å². The molecule has 20 heavy (non-hydrogen) atoms. The molecule has 0 saturated heterocycles. The summed E-state index contributed by atoms with van der Waals surface area (Å²) in [7, 11) is -4.23. The molecule has 0 aliphatic heterocycles. The number of aliphatic hydroxyl groups is 2. The first-order valence-electron chi connectivity index (χ1n) is 5.61. The number of nitrogens with zero attached hydrogens (tertiary/aromatic N) is 2. The van der Waals surface area contributed by atoms with E-state index >= 15 is 0 Å².